The molecule has 1 aromatic heterocycles. The number of rotatable bonds is 7. The van der Waals surface area contributed by atoms with Gasteiger partial charge in [0.1, 0.15) is 5.76 Å². The topological polar surface area (TPSA) is 62.5 Å². The zero-order chi connectivity index (χ0) is 13.6. The summed E-state index contributed by atoms with van der Waals surface area (Å²) in [5, 5.41) is 12.1. The Morgan fingerprint density at radius 2 is 2.11 bits per heavy atom. The summed E-state index contributed by atoms with van der Waals surface area (Å²) in [5.41, 5.74) is 0.572. The van der Waals surface area contributed by atoms with E-state index in [9.17, 15) is 4.79 Å². The van der Waals surface area contributed by atoms with Gasteiger partial charge in [-0.3, -0.25) is 4.79 Å². The SMILES string of the molecule is CCC(CC)(CCO)CNC(=O)c1ccoc1C. The first kappa shape index (κ1) is 14.8. The number of furan rings is 1. The van der Waals surface area contributed by atoms with Crippen molar-refractivity contribution in [2.24, 2.45) is 5.41 Å². The summed E-state index contributed by atoms with van der Waals surface area (Å²) in [4.78, 5) is 12.0. The second-order valence-corrected chi connectivity index (χ2v) is 4.75. The summed E-state index contributed by atoms with van der Waals surface area (Å²) >= 11 is 0. The van der Waals surface area contributed by atoms with Gasteiger partial charge in [-0.1, -0.05) is 13.8 Å². The molecule has 1 amide bonds. The number of aryl methyl sites for hydroxylation is 1. The van der Waals surface area contributed by atoms with Crippen LogP contribution >= 0.6 is 0 Å². The van der Waals surface area contributed by atoms with Gasteiger partial charge in [-0.2, -0.15) is 0 Å². The Morgan fingerprint density at radius 3 is 2.56 bits per heavy atom. The summed E-state index contributed by atoms with van der Waals surface area (Å²) in [6.07, 6.45) is 4.11. The highest BCUT2D eigenvalue weighted by atomic mass is 16.3. The standard InChI is InChI=1S/C14H23NO3/c1-4-14(5-2,7-8-16)10-15-13(17)12-6-9-18-11(12)3/h6,9,16H,4-5,7-8,10H2,1-3H3,(H,15,17). The maximum atomic E-state index is 12.0. The van der Waals surface area contributed by atoms with Crippen LogP contribution in [0.3, 0.4) is 0 Å². The minimum absolute atomic E-state index is 0.0119. The third-order valence-corrected chi connectivity index (χ3v) is 3.87. The van der Waals surface area contributed by atoms with Crippen LogP contribution in [-0.2, 0) is 0 Å². The second kappa shape index (κ2) is 6.59. The predicted molar refractivity (Wildman–Crippen MR) is 70.5 cm³/mol. The zero-order valence-electron chi connectivity index (χ0n) is 11.5. The van der Waals surface area contributed by atoms with Crippen molar-refractivity contribution in [1.82, 2.24) is 5.32 Å². The summed E-state index contributed by atoms with van der Waals surface area (Å²) in [6.45, 7) is 6.70. The third kappa shape index (κ3) is 3.35. The Balaban J connectivity index is 2.63. The Morgan fingerprint density at radius 1 is 1.44 bits per heavy atom. The van der Waals surface area contributed by atoms with Gasteiger partial charge in [-0.05, 0) is 37.7 Å². The van der Waals surface area contributed by atoms with E-state index in [0.29, 0.717) is 24.3 Å². The smallest absolute Gasteiger partial charge is 0.254 e. The highest BCUT2D eigenvalue weighted by Crippen LogP contribution is 2.29. The number of aliphatic hydroxyl groups excluding tert-OH is 1. The molecule has 18 heavy (non-hydrogen) atoms. The van der Waals surface area contributed by atoms with Crippen LogP contribution in [0.25, 0.3) is 0 Å². The number of hydrogen-bond acceptors (Lipinski definition) is 3. The molecule has 0 atom stereocenters. The van der Waals surface area contributed by atoms with E-state index in [0.717, 1.165) is 12.8 Å². The molecular weight excluding hydrogens is 230 g/mol. The highest BCUT2D eigenvalue weighted by Gasteiger charge is 2.26. The summed E-state index contributed by atoms with van der Waals surface area (Å²) in [6, 6.07) is 1.68. The van der Waals surface area contributed by atoms with E-state index in [1.165, 1.54) is 6.26 Å². The van der Waals surface area contributed by atoms with E-state index in [2.05, 4.69) is 19.2 Å². The maximum absolute atomic E-state index is 12.0. The summed E-state index contributed by atoms with van der Waals surface area (Å²) in [5.74, 6) is 0.527. The molecule has 0 saturated carbocycles. The molecule has 4 heteroatoms. The number of amides is 1. The van der Waals surface area contributed by atoms with Crippen molar-refractivity contribution in [3.63, 3.8) is 0 Å². The van der Waals surface area contributed by atoms with Crippen LogP contribution in [0.1, 0.15) is 49.2 Å². The number of hydrogen-bond donors (Lipinski definition) is 2. The lowest BCUT2D eigenvalue weighted by molar-refractivity contribution is 0.0906. The van der Waals surface area contributed by atoms with Gasteiger partial charge in [-0.25, -0.2) is 0 Å². The fraction of sp³-hybridized carbons (Fsp3) is 0.643. The number of nitrogens with one attached hydrogen (secondary N) is 1. The molecular formula is C14H23NO3. The third-order valence-electron chi connectivity index (χ3n) is 3.87. The molecule has 102 valence electrons. The molecule has 0 spiro atoms. The van der Waals surface area contributed by atoms with E-state index in [1.54, 1.807) is 13.0 Å². The number of carbonyl (C=O) groups excluding carboxylic acids is 1. The van der Waals surface area contributed by atoms with Gasteiger partial charge in [0.15, 0.2) is 0 Å². The van der Waals surface area contributed by atoms with Crippen molar-refractivity contribution in [3.05, 3.63) is 23.7 Å². The van der Waals surface area contributed by atoms with Crippen molar-refractivity contribution >= 4 is 5.91 Å². The Kier molecular flexibility index (Phi) is 5.41. The van der Waals surface area contributed by atoms with Crippen LogP contribution in [0.4, 0.5) is 0 Å². The Bertz CT molecular complexity index is 380. The van der Waals surface area contributed by atoms with Gasteiger partial charge in [0.25, 0.3) is 5.91 Å². The van der Waals surface area contributed by atoms with Crippen molar-refractivity contribution in [3.8, 4) is 0 Å². The molecule has 0 aliphatic rings. The quantitative estimate of drug-likeness (QED) is 0.784. The van der Waals surface area contributed by atoms with Gasteiger partial charge >= 0.3 is 0 Å². The van der Waals surface area contributed by atoms with Crippen LogP contribution in [0.15, 0.2) is 16.7 Å². The molecule has 0 bridgehead atoms. The van der Waals surface area contributed by atoms with Gasteiger partial charge < -0.3 is 14.8 Å². The average molecular weight is 253 g/mol. The van der Waals surface area contributed by atoms with E-state index in [4.69, 9.17) is 9.52 Å². The fourth-order valence-corrected chi connectivity index (χ4v) is 2.16. The Hall–Kier alpha value is -1.29. The van der Waals surface area contributed by atoms with E-state index >= 15 is 0 Å². The first-order valence-electron chi connectivity index (χ1n) is 6.51. The van der Waals surface area contributed by atoms with E-state index < -0.39 is 0 Å². The average Bonchev–Trinajstić information content (AvgIpc) is 2.80. The molecule has 1 rings (SSSR count). The second-order valence-electron chi connectivity index (χ2n) is 4.75. The highest BCUT2D eigenvalue weighted by molar-refractivity contribution is 5.95. The van der Waals surface area contributed by atoms with E-state index in [1.807, 2.05) is 0 Å². The first-order chi connectivity index (χ1) is 8.58. The van der Waals surface area contributed by atoms with Gasteiger partial charge in [0.05, 0.1) is 11.8 Å². The molecule has 0 fully saturated rings. The van der Waals surface area contributed by atoms with Gasteiger partial charge in [-0.15, -0.1) is 0 Å². The molecule has 4 nitrogen and oxygen atoms in total. The maximum Gasteiger partial charge on any atom is 0.254 e. The Labute approximate surface area is 108 Å². The molecule has 0 aliphatic carbocycles. The zero-order valence-corrected chi connectivity index (χ0v) is 11.5. The number of carbonyl (C=O) groups is 1. The predicted octanol–water partition coefficient (Wildman–Crippen LogP) is 2.51. The van der Waals surface area contributed by atoms with Crippen LogP contribution in [0.2, 0.25) is 0 Å². The molecule has 1 heterocycles. The van der Waals surface area contributed by atoms with Gasteiger partial charge in [0, 0.05) is 13.2 Å². The lowest BCUT2D eigenvalue weighted by Gasteiger charge is -2.31. The van der Waals surface area contributed by atoms with Crippen LogP contribution in [-0.4, -0.2) is 24.2 Å². The lowest BCUT2D eigenvalue weighted by atomic mass is 9.79. The van der Waals surface area contributed by atoms with Crippen molar-refractivity contribution < 1.29 is 14.3 Å². The molecule has 0 aromatic carbocycles. The molecule has 0 aliphatic heterocycles. The molecule has 0 radical (unpaired) electrons. The van der Waals surface area contributed by atoms with E-state index in [-0.39, 0.29) is 17.9 Å². The molecule has 1 aromatic rings. The van der Waals surface area contributed by atoms with Crippen LogP contribution in [0, 0.1) is 12.3 Å². The monoisotopic (exact) mass is 253 g/mol. The summed E-state index contributed by atoms with van der Waals surface area (Å²) in [7, 11) is 0. The van der Waals surface area contributed by atoms with Crippen molar-refractivity contribution in [2.45, 2.75) is 40.0 Å². The van der Waals surface area contributed by atoms with Crippen LogP contribution in [0.5, 0.6) is 0 Å². The normalized spacial score (nSPS) is 11.6. The minimum Gasteiger partial charge on any atom is -0.469 e. The molecule has 0 unspecified atom stereocenters. The van der Waals surface area contributed by atoms with Crippen molar-refractivity contribution in [1.29, 1.82) is 0 Å². The van der Waals surface area contributed by atoms with Crippen molar-refractivity contribution in [2.75, 3.05) is 13.2 Å². The lowest BCUT2D eigenvalue weighted by Crippen LogP contribution is -2.37. The fourth-order valence-electron chi connectivity index (χ4n) is 2.16. The largest absolute Gasteiger partial charge is 0.469 e. The van der Waals surface area contributed by atoms with Gasteiger partial charge in [0.2, 0.25) is 0 Å². The minimum atomic E-state index is -0.106. The number of aliphatic hydroxyl groups is 1. The summed E-state index contributed by atoms with van der Waals surface area (Å²) < 4.78 is 5.12. The first-order valence-corrected chi connectivity index (χ1v) is 6.51. The molecule has 0 saturated heterocycles. The van der Waals surface area contributed by atoms with Crippen LogP contribution < -0.4 is 5.32 Å². The molecule has 2 N–H and O–H groups in total.